The molecular weight excluding hydrogens is 336 g/mol. The zero-order valence-corrected chi connectivity index (χ0v) is 15.4. The lowest BCUT2D eigenvalue weighted by atomic mass is 10.0. The Morgan fingerprint density at radius 2 is 1.56 bits per heavy atom. The lowest BCUT2D eigenvalue weighted by Gasteiger charge is -2.17. The maximum atomic E-state index is 12.7. The van der Waals surface area contributed by atoms with Crippen LogP contribution in [-0.2, 0) is 9.59 Å². The Morgan fingerprint density at radius 1 is 0.889 bits per heavy atom. The molecule has 4 nitrogen and oxygen atoms in total. The summed E-state index contributed by atoms with van der Waals surface area (Å²) in [5.41, 5.74) is 2.07. The number of carbonyl (C=O) groups excluding carboxylic acids is 2. The molecule has 0 aliphatic heterocycles. The van der Waals surface area contributed by atoms with Crippen LogP contribution >= 0.6 is 0 Å². The molecule has 0 aliphatic rings. The van der Waals surface area contributed by atoms with E-state index in [4.69, 9.17) is 0 Å². The van der Waals surface area contributed by atoms with Crippen molar-refractivity contribution in [3.05, 3.63) is 89.6 Å². The first-order valence-electron chi connectivity index (χ1n) is 8.87. The summed E-state index contributed by atoms with van der Waals surface area (Å²) >= 11 is 0. The first kappa shape index (κ1) is 18.4. The molecule has 3 aromatic carbocycles. The van der Waals surface area contributed by atoms with Gasteiger partial charge in [-0.15, -0.1) is 0 Å². The molecular formula is C23H22N2O2. The van der Waals surface area contributed by atoms with E-state index >= 15 is 0 Å². The van der Waals surface area contributed by atoms with E-state index in [-0.39, 0.29) is 23.6 Å². The molecule has 2 N–H and O–H groups in total. The molecule has 0 heterocycles. The lowest BCUT2D eigenvalue weighted by Crippen LogP contribution is -2.35. The number of rotatable bonds is 5. The molecule has 27 heavy (non-hydrogen) atoms. The minimum absolute atomic E-state index is 0.199. The monoisotopic (exact) mass is 358 g/mol. The van der Waals surface area contributed by atoms with Gasteiger partial charge in [0.25, 0.3) is 5.91 Å². The van der Waals surface area contributed by atoms with Gasteiger partial charge in [0.2, 0.25) is 5.91 Å². The fraction of sp³-hybridized carbons (Fsp3) is 0.130. The van der Waals surface area contributed by atoms with Crippen molar-refractivity contribution in [2.75, 3.05) is 0 Å². The van der Waals surface area contributed by atoms with Crippen molar-refractivity contribution in [2.45, 2.75) is 19.9 Å². The van der Waals surface area contributed by atoms with Crippen LogP contribution in [0.3, 0.4) is 0 Å². The Hall–Kier alpha value is -3.40. The van der Waals surface area contributed by atoms with Crippen molar-refractivity contribution in [1.82, 2.24) is 10.6 Å². The Bertz CT molecular complexity index is 993. The van der Waals surface area contributed by atoms with Gasteiger partial charge in [-0.1, -0.05) is 66.7 Å². The number of hydrogen-bond donors (Lipinski definition) is 2. The molecule has 0 fully saturated rings. The highest BCUT2D eigenvalue weighted by Gasteiger charge is 2.15. The van der Waals surface area contributed by atoms with E-state index in [9.17, 15) is 9.59 Å². The number of amides is 2. The molecule has 0 bridgehead atoms. The van der Waals surface area contributed by atoms with E-state index in [1.165, 1.54) is 6.92 Å². The van der Waals surface area contributed by atoms with Crippen LogP contribution in [0.5, 0.6) is 0 Å². The van der Waals surface area contributed by atoms with Gasteiger partial charge in [-0.25, -0.2) is 0 Å². The minimum atomic E-state index is -0.324. The second-order valence-corrected chi connectivity index (χ2v) is 6.45. The number of hydrogen-bond acceptors (Lipinski definition) is 2. The summed E-state index contributed by atoms with van der Waals surface area (Å²) < 4.78 is 0. The smallest absolute Gasteiger partial charge is 0.268 e. The standard InChI is InChI=1S/C23H22N2O2/c1-16(20-13-12-19-10-6-7-11-21(19)15-20)24-23(27)22(25-17(2)26)14-18-8-4-3-5-9-18/h3-16H,1-2H3,(H,24,27)(H,25,26)/b22-14+. The van der Waals surface area contributed by atoms with Crippen molar-refractivity contribution in [3.8, 4) is 0 Å². The molecule has 1 atom stereocenters. The van der Waals surface area contributed by atoms with E-state index in [0.717, 1.165) is 21.9 Å². The maximum Gasteiger partial charge on any atom is 0.268 e. The predicted octanol–water partition coefficient (Wildman–Crippen LogP) is 4.19. The second kappa shape index (κ2) is 8.32. The number of benzene rings is 3. The number of nitrogens with one attached hydrogen (secondary N) is 2. The van der Waals surface area contributed by atoms with Crippen LogP contribution in [0.4, 0.5) is 0 Å². The quantitative estimate of drug-likeness (QED) is 0.672. The predicted molar refractivity (Wildman–Crippen MR) is 109 cm³/mol. The average Bonchev–Trinajstić information content (AvgIpc) is 2.67. The molecule has 2 amide bonds. The first-order valence-corrected chi connectivity index (χ1v) is 8.87. The summed E-state index contributed by atoms with van der Waals surface area (Å²) in [5, 5.41) is 7.87. The Balaban J connectivity index is 1.81. The molecule has 3 rings (SSSR count). The summed E-state index contributed by atoms with van der Waals surface area (Å²) in [7, 11) is 0. The van der Waals surface area contributed by atoms with Crippen LogP contribution in [0.15, 0.2) is 78.5 Å². The van der Waals surface area contributed by atoms with E-state index < -0.39 is 0 Å². The van der Waals surface area contributed by atoms with Crippen LogP contribution in [-0.4, -0.2) is 11.8 Å². The molecule has 0 aromatic heterocycles. The molecule has 3 aromatic rings. The Kier molecular flexibility index (Phi) is 5.67. The SMILES string of the molecule is CC(=O)N/C(=C/c1ccccc1)C(=O)NC(C)c1ccc2ccccc2c1. The van der Waals surface area contributed by atoms with Gasteiger partial charge in [0.1, 0.15) is 5.70 Å². The topological polar surface area (TPSA) is 58.2 Å². The van der Waals surface area contributed by atoms with Gasteiger partial charge in [0.15, 0.2) is 0 Å². The third-order valence-corrected chi connectivity index (χ3v) is 4.29. The van der Waals surface area contributed by atoms with Gasteiger partial charge in [-0.2, -0.15) is 0 Å². The van der Waals surface area contributed by atoms with Gasteiger partial charge >= 0.3 is 0 Å². The molecule has 0 saturated heterocycles. The van der Waals surface area contributed by atoms with Gasteiger partial charge in [0.05, 0.1) is 6.04 Å². The highest BCUT2D eigenvalue weighted by atomic mass is 16.2. The average molecular weight is 358 g/mol. The highest BCUT2D eigenvalue weighted by Crippen LogP contribution is 2.20. The zero-order chi connectivity index (χ0) is 19.2. The second-order valence-electron chi connectivity index (χ2n) is 6.45. The summed E-state index contributed by atoms with van der Waals surface area (Å²) in [6.07, 6.45) is 1.67. The number of carbonyl (C=O) groups is 2. The zero-order valence-electron chi connectivity index (χ0n) is 15.4. The third kappa shape index (κ3) is 4.82. The third-order valence-electron chi connectivity index (χ3n) is 4.29. The van der Waals surface area contributed by atoms with Crippen molar-refractivity contribution in [3.63, 3.8) is 0 Å². The van der Waals surface area contributed by atoms with Gasteiger partial charge < -0.3 is 10.6 Å². The van der Waals surface area contributed by atoms with Crippen molar-refractivity contribution >= 4 is 28.7 Å². The molecule has 0 aliphatic carbocycles. The Morgan fingerprint density at radius 3 is 2.26 bits per heavy atom. The van der Waals surface area contributed by atoms with Crippen LogP contribution in [0, 0.1) is 0 Å². The molecule has 0 spiro atoms. The summed E-state index contributed by atoms with van der Waals surface area (Å²) in [4.78, 5) is 24.3. The van der Waals surface area contributed by atoms with Gasteiger partial charge in [-0.3, -0.25) is 9.59 Å². The van der Waals surface area contributed by atoms with Crippen LogP contribution in [0.1, 0.15) is 31.0 Å². The summed E-state index contributed by atoms with van der Waals surface area (Å²) in [5.74, 6) is -0.611. The fourth-order valence-electron chi connectivity index (χ4n) is 2.90. The molecule has 136 valence electrons. The van der Waals surface area contributed by atoms with E-state index in [1.54, 1.807) is 6.08 Å². The van der Waals surface area contributed by atoms with Crippen LogP contribution in [0.2, 0.25) is 0 Å². The minimum Gasteiger partial charge on any atom is -0.344 e. The van der Waals surface area contributed by atoms with Crippen LogP contribution < -0.4 is 10.6 Å². The molecule has 1 unspecified atom stereocenters. The molecule has 0 saturated carbocycles. The normalized spacial score (nSPS) is 12.4. The van der Waals surface area contributed by atoms with E-state index in [1.807, 2.05) is 67.6 Å². The fourth-order valence-corrected chi connectivity index (χ4v) is 2.90. The highest BCUT2D eigenvalue weighted by molar-refractivity contribution is 6.01. The van der Waals surface area contributed by atoms with Gasteiger partial charge in [0, 0.05) is 6.92 Å². The van der Waals surface area contributed by atoms with Gasteiger partial charge in [-0.05, 0) is 41.0 Å². The maximum absolute atomic E-state index is 12.7. The van der Waals surface area contributed by atoms with Crippen LogP contribution in [0.25, 0.3) is 16.8 Å². The van der Waals surface area contributed by atoms with Crippen molar-refractivity contribution in [2.24, 2.45) is 0 Å². The lowest BCUT2D eigenvalue weighted by molar-refractivity contribution is -0.122. The van der Waals surface area contributed by atoms with Crippen molar-refractivity contribution < 1.29 is 9.59 Å². The van der Waals surface area contributed by atoms with E-state index in [2.05, 4.69) is 22.8 Å². The largest absolute Gasteiger partial charge is 0.344 e. The summed E-state index contributed by atoms with van der Waals surface area (Å²) in [6, 6.07) is 23.4. The first-order chi connectivity index (χ1) is 13.0. The van der Waals surface area contributed by atoms with Crippen molar-refractivity contribution in [1.29, 1.82) is 0 Å². The molecule has 4 heteroatoms. The number of fused-ring (bicyclic) bond motifs is 1. The summed E-state index contributed by atoms with van der Waals surface area (Å²) in [6.45, 7) is 3.31. The molecule has 0 radical (unpaired) electrons. The Labute approximate surface area is 158 Å². The van der Waals surface area contributed by atoms with E-state index in [0.29, 0.717) is 0 Å².